The van der Waals surface area contributed by atoms with Gasteiger partial charge in [-0.3, -0.25) is 4.79 Å². The van der Waals surface area contributed by atoms with Gasteiger partial charge in [-0.25, -0.2) is 0 Å². The number of aromatic nitrogens is 1. The third kappa shape index (κ3) is 3.27. The van der Waals surface area contributed by atoms with Gasteiger partial charge in [-0.2, -0.15) is 0 Å². The quantitative estimate of drug-likeness (QED) is 0.747. The number of amides is 1. The van der Waals surface area contributed by atoms with E-state index in [2.05, 4.69) is 10.5 Å². The van der Waals surface area contributed by atoms with Crippen molar-refractivity contribution in [2.45, 2.75) is 13.8 Å². The van der Waals surface area contributed by atoms with Gasteiger partial charge in [-0.15, -0.1) is 0 Å². The second-order valence-corrected chi connectivity index (χ2v) is 5.74. The van der Waals surface area contributed by atoms with Crippen molar-refractivity contribution in [3.63, 3.8) is 0 Å². The molecule has 0 aliphatic carbocycles. The predicted octanol–water partition coefficient (Wildman–Crippen LogP) is 4.86. The molecule has 23 heavy (non-hydrogen) atoms. The molecular formula is C18H15ClN2O2. The Bertz CT molecular complexity index is 833. The maximum absolute atomic E-state index is 12.4. The van der Waals surface area contributed by atoms with Crippen molar-refractivity contribution in [2.24, 2.45) is 0 Å². The number of carbonyl (C=O) groups is 1. The first-order valence-electron chi connectivity index (χ1n) is 7.15. The first-order valence-corrected chi connectivity index (χ1v) is 7.52. The van der Waals surface area contributed by atoms with Gasteiger partial charge in [0.1, 0.15) is 0 Å². The predicted molar refractivity (Wildman–Crippen MR) is 90.8 cm³/mol. The summed E-state index contributed by atoms with van der Waals surface area (Å²) in [6, 6.07) is 14.6. The molecule has 0 radical (unpaired) electrons. The monoisotopic (exact) mass is 326 g/mol. The van der Waals surface area contributed by atoms with E-state index in [0.717, 1.165) is 22.4 Å². The summed E-state index contributed by atoms with van der Waals surface area (Å²) in [4.78, 5) is 12.4. The van der Waals surface area contributed by atoms with Crippen molar-refractivity contribution in [3.8, 4) is 11.3 Å². The highest BCUT2D eigenvalue weighted by Gasteiger charge is 2.15. The molecule has 0 unspecified atom stereocenters. The number of benzene rings is 2. The summed E-state index contributed by atoms with van der Waals surface area (Å²) in [6.45, 7) is 3.90. The van der Waals surface area contributed by atoms with Crippen LogP contribution in [0.25, 0.3) is 11.3 Å². The van der Waals surface area contributed by atoms with E-state index in [-0.39, 0.29) is 11.6 Å². The molecule has 0 aliphatic rings. The Hall–Kier alpha value is -2.59. The van der Waals surface area contributed by atoms with Crippen LogP contribution in [0.1, 0.15) is 21.6 Å². The molecule has 0 aliphatic heterocycles. The van der Waals surface area contributed by atoms with Crippen molar-refractivity contribution in [1.82, 2.24) is 5.16 Å². The highest BCUT2D eigenvalue weighted by Crippen LogP contribution is 2.24. The van der Waals surface area contributed by atoms with Gasteiger partial charge in [0.25, 0.3) is 5.91 Å². The SMILES string of the molecule is Cc1cccc(C)c1NC(=O)c1cc(-c2ccc(Cl)cc2)on1. The minimum atomic E-state index is -0.300. The van der Waals surface area contributed by atoms with Crippen LogP contribution in [0.4, 0.5) is 5.69 Å². The van der Waals surface area contributed by atoms with Gasteiger partial charge in [-0.1, -0.05) is 35.0 Å². The number of carbonyl (C=O) groups excluding carboxylic acids is 1. The molecule has 4 nitrogen and oxygen atoms in total. The number of aryl methyl sites for hydroxylation is 2. The van der Waals surface area contributed by atoms with Gasteiger partial charge in [0, 0.05) is 22.3 Å². The number of para-hydroxylation sites is 1. The second kappa shape index (κ2) is 6.26. The number of nitrogens with zero attached hydrogens (tertiary/aromatic N) is 1. The fourth-order valence-corrected chi connectivity index (χ4v) is 2.45. The Balaban J connectivity index is 1.83. The Kier molecular flexibility index (Phi) is 4.17. The van der Waals surface area contributed by atoms with Gasteiger partial charge in [0.2, 0.25) is 0 Å². The summed E-state index contributed by atoms with van der Waals surface area (Å²) in [5, 5.41) is 7.38. The molecule has 0 saturated carbocycles. The first kappa shape index (κ1) is 15.3. The molecule has 1 aromatic heterocycles. The first-order chi connectivity index (χ1) is 11.0. The molecule has 5 heteroatoms. The molecule has 0 atom stereocenters. The van der Waals surface area contributed by atoms with Crippen LogP contribution in [-0.2, 0) is 0 Å². The Morgan fingerprint density at radius 1 is 1.09 bits per heavy atom. The Morgan fingerprint density at radius 3 is 2.39 bits per heavy atom. The molecule has 0 saturated heterocycles. The molecule has 0 spiro atoms. The molecule has 1 N–H and O–H groups in total. The van der Waals surface area contributed by atoms with E-state index >= 15 is 0 Å². The Morgan fingerprint density at radius 2 is 1.74 bits per heavy atom. The number of hydrogen-bond donors (Lipinski definition) is 1. The van der Waals surface area contributed by atoms with Gasteiger partial charge < -0.3 is 9.84 Å². The van der Waals surface area contributed by atoms with E-state index in [9.17, 15) is 4.79 Å². The van der Waals surface area contributed by atoms with E-state index < -0.39 is 0 Å². The number of rotatable bonds is 3. The highest BCUT2D eigenvalue weighted by molar-refractivity contribution is 6.30. The zero-order chi connectivity index (χ0) is 16.4. The standard InChI is InChI=1S/C18H15ClN2O2/c1-11-4-3-5-12(2)17(11)20-18(22)15-10-16(23-21-15)13-6-8-14(19)9-7-13/h3-10H,1-2H3,(H,20,22). The maximum Gasteiger partial charge on any atom is 0.277 e. The highest BCUT2D eigenvalue weighted by atomic mass is 35.5. The average molecular weight is 327 g/mol. The lowest BCUT2D eigenvalue weighted by molar-refractivity contribution is 0.101. The third-order valence-electron chi connectivity index (χ3n) is 3.59. The summed E-state index contributed by atoms with van der Waals surface area (Å²) < 4.78 is 5.26. The van der Waals surface area contributed by atoms with E-state index in [4.69, 9.17) is 16.1 Å². The molecular weight excluding hydrogens is 312 g/mol. The van der Waals surface area contributed by atoms with E-state index in [1.807, 2.05) is 44.2 Å². The van der Waals surface area contributed by atoms with Gasteiger partial charge >= 0.3 is 0 Å². The Labute approximate surface area is 139 Å². The van der Waals surface area contributed by atoms with E-state index in [0.29, 0.717) is 10.8 Å². The second-order valence-electron chi connectivity index (χ2n) is 5.30. The molecule has 116 valence electrons. The van der Waals surface area contributed by atoms with Crippen molar-refractivity contribution < 1.29 is 9.32 Å². The van der Waals surface area contributed by atoms with Gasteiger partial charge in [0.15, 0.2) is 11.5 Å². The lowest BCUT2D eigenvalue weighted by Crippen LogP contribution is -2.14. The number of halogens is 1. The molecule has 3 aromatic rings. The van der Waals surface area contributed by atoms with E-state index in [1.54, 1.807) is 18.2 Å². The minimum absolute atomic E-state index is 0.234. The largest absolute Gasteiger partial charge is 0.355 e. The van der Waals surface area contributed by atoms with Crippen molar-refractivity contribution in [1.29, 1.82) is 0 Å². The maximum atomic E-state index is 12.4. The molecule has 2 aromatic carbocycles. The molecule has 0 fully saturated rings. The topological polar surface area (TPSA) is 55.1 Å². The molecule has 0 bridgehead atoms. The molecule has 1 amide bonds. The van der Waals surface area contributed by atoms with Crippen LogP contribution in [0.5, 0.6) is 0 Å². The number of hydrogen-bond acceptors (Lipinski definition) is 3. The van der Waals surface area contributed by atoms with Crippen molar-refractivity contribution in [3.05, 3.63) is 70.4 Å². The van der Waals surface area contributed by atoms with Crippen molar-refractivity contribution in [2.75, 3.05) is 5.32 Å². The summed E-state index contributed by atoms with van der Waals surface area (Å²) in [5.41, 5.74) is 3.85. The zero-order valence-corrected chi connectivity index (χ0v) is 13.5. The van der Waals surface area contributed by atoms with Crippen LogP contribution in [0.15, 0.2) is 53.1 Å². The normalized spacial score (nSPS) is 10.6. The fourth-order valence-electron chi connectivity index (χ4n) is 2.32. The molecule has 1 heterocycles. The lowest BCUT2D eigenvalue weighted by atomic mass is 10.1. The average Bonchev–Trinajstić information content (AvgIpc) is 3.02. The van der Waals surface area contributed by atoms with Gasteiger partial charge in [-0.05, 0) is 49.2 Å². The molecule has 3 rings (SSSR count). The van der Waals surface area contributed by atoms with Crippen LogP contribution in [0, 0.1) is 13.8 Å². The van der Waals surface area contributed by atoms with E-state index in [1.165, 1.54) is 0 Å². The zero-order valence-electron chi connectivity index (χ0n) is 12.8. The summed E-state index contributed by atoms with van der Waals surface area (Å²) in [5.74, 6) is 0.222. The van der Waals surface area contributed by atoms with Crippen LogP contribution >= 0.6 is 11.6 Å². The summed E-state index contributed by atoms with van der Waals surface area (Å²) >= 11 is 5.86. The van der Waals surface area contributed by atoms with Gasteiger partial charge in [0.05, 0.1) is 0 Å². The minimum Gasteiger partial charge on any atom is -0.355 e. The number of nitrogens with one attached hydrogen (secondary N) is 1. The third-order valence-corrected chi connectivity index (χ3v) is 3.84. The fraction of sp³-hybridized carbons (Fsp3) is 0.111. The van der Waals surface area contributed by atoms with Crippen molar-refractivity contribution >= 4 is 23.2 Å². The smallest absolute Gasteiger partial charge is 0.277 e. The lowest BCUT2D eigenvalue weighted by Gasteiger charge is -2.09. The van der Waals surface area contributed by atoms with Crippen LogP contribution in [-0.4, -0.2) is 11.1 Å². The van der Waals surface area contributed by atoms with Crippen LogP contribution in [0.2, 0.25) is 5.02 Å². The van der Waals surface area contributed by atoms with Crippen LogP contribution in [0.3, 0.4) is 0 Å². The summed E-state index contributed by atoms with van der Waals surface area (Å²) in [6.07, 6.45) is 0. The van der Waals surface area contributed by atoms with Crippen LogP contribution < -0.4 is 5.32 Å². The summed E-state index contributed by atoms with van der Waals surface area (Å²) in [7, 11) is 0. The number of anilines is 1.